The van der Waals surface area contributed by atoms with Crippen molar-refractivity contribution in [2.45, 2.75) is 4.90 Å². The Morgan fingerprint density at radius 3 is 2.58 bits per heavy atom. The van der Waals surface area contributed by atoms with Gasteiger partial charge in [0.05, 0.1) is 9.82 Å². The van der Waals surface area contributed by atoms with Crippen LogP contribution in [0, 0.1) is 10.1 Å². The van der Waals surface area contributed by atoms with Crippen LogP contribution < -0.4 is 10.5 Å². The molecule has 0 radical (unpaired) electrons. The smallest absolute Gasteiger partial charge is 0.294 e. The summed E-state index contributed by atoms with van der Waals surface area (Å²) in [6.07, 6.45) is 1.91. The maximum atomic E-state index is 11.4. The minimum absolute atomic E-state index is 0.181. The Morgan fingerprint density at radius 2 is 1.92 bits per heavy atom. The van der Waals surface area contributed by atoms with E-state index < -0.39 is 14.9 Å². The lowest BCUT2D eigenvalue weighted by atomic mass is 10.2. The fourth-order valence-electron chi connectivity index (χ4n) is 2.44. The summed E-state index contributed by atoms with van der Waals surface area (Å²) in [6.45, 7) is 0. The Balaban J connectivity index is 2.04. The first-order valence-corrected chi connectivity index (χ1v) is 8.44. The molecular formula is C15H14N4O4S. The van der Waals surface area contributed by atoms with Gasteiger partial charge in [0.2, 0.25) is 10.0 Å². The van der Waals surface area contributed by atoms with E-state index in [4.69, 9.17) is 5.14 Å². The van der Waals surface area contributed by atoms with Crippen LogP contribution in [0.2, 0.25) is 0 Å². The summed E-state index contributed by atoms with van der Waals surface area (Å²) in [5.41, 5.74) is 1.43. The number of benzene rings is 2. The third kappa shape index (κ3) is 2.94. The minimum Gasteiger partial charge on any atom is -0.350 e. The fourth-order valence-corrected chi connectivity index (χ4v) is 2.97. The molecule has 8 nitrogen and oxygen atoms in total. The molecule has 1 aromatic heterocycles. The molecule has 0 atom stereocenters. The number of anilines is 2. The van der Waals surface area contributed by atoms with Crippen LogP contribution in [0.25, 0.3) is 10.9 Å². The van der Waals surface area contributed by atoms with Crippen LogP contribution in [0.3, 0.4) is 0 Å². The molecule has 0 unspecified atom stereocenters. The molecule has 9 heteroatoms. The first-order valence-electron chi connectivity index (χ1n) is 6.89. The van der Waals surface area contributed by atoms with Gasteiger partial charge in [0, 0.05) is 30.5 Å². The Bertz CT molecular complexity index is 1060. The molecule has 0 spiro atoms. The molecule has 0 bridgehead atoms. The van der Waals surface area contributed by atoms with Gasteiger partial charge in [-0.05, 0) is 35.7 Å². The lowest BCUT2D eigenvalue weighted by Crippen LogP contribution is -2.12. The van der Waals surface area contributed by atoms with E-state index in [1.165, 1.54) is 12.1 Å². The van der Waals surface area contributed by atoms with Crippen LogP contribution >= 0.6 is 0 Å². The highest BCUT2D eigenvalue weighted by molar-refractivity contribution is 7.89. The normalized spacial score (nSPS) is 11.6. The quantitative estimate of drug-likeness (QED) is 0.555. The van der Waals surface area contributed by atoms with Crippen molar-refractivity contribution in [3.8, 4) is 0 Å². The average Bonchev–Trinajstić information content (AvgIpc) is 2.87. The molecule has 3 aromatic rings. The average molecular weight is 346 g/mol. The largest absolute Gasteiger partial charge is 0.350 e. The number of fused-ring (bicyclic) bond motifs is 1. The standard InChI is InChI=1S/C15H14N4O4S/c1-18-7-6-10-2-3-11(8-14(10)18)17-13-5-4-12(24(16,22)23)9-15(13)19(20)21/h2-9,17H,1H3,(H2,16,22,23). The molecule has 0 fully saturated rings. The molecule has 1 heterocycles. The highest BCUT2D eigenvalue weighted by atomic mass is 32.2. The SMILES string of the molecule is Cn1ccc2ccc(Nc3ccc(S(N)(=O)=O)cc3[N+](=O)[O-])cc21. The number of nitrogens with zero attached hydrogens (tertiary/aromatic N) is 2. The molecular weight excluding hydrogens is 332 g/mol. The Hall–Kier alpha value is -2.91. The highest BCUT2D eigenvalue weighted by Gasteiger charge is 2.19. The molecule has 0 saturated carbocycles. The van der Waals surface area contributed by atoms with Crippen molar-refractivity contribution >= 4 is 38.0 Å². The number of nitro groups is 1. The zero-order valence-electron chi connectivity index (χ0n) is 12.6. The van der Waals surface area contributed by atoms with Crippen LogP contribution in [-0.4, -0.2) is 17.9 Å². The predicted octanol–water partition coefficient (Wildman–Crippen LogP) is 2.48. The van der Waals surface area contributed by atoms with Crippen LogP contribution in [0.1, 0.15) is 0 Å². The van der Waals surface area contributed by atoms with Gasteiger partial charge in [0.15, 0.2) is 0 Å². The fraction of sp³-hybridized carbons (Fsp3) is 0.0667. The maximum Gasteiger partial charge on any atom is 0.294 e. The zero-order chi connectivity index (χ0) is 17.5. The molecule has 3 N–H and O–H groups in total. The van der Waals surface area contributed by atoms with Gasteiger partial charge < -0.3 is 9.88 Å². The third-order valence-corrected chi connectivity index (χ3v) is 4.57. The predicted molar refractivity (Wildman–Crippen MR) is 90.7 cm³/mol. The van der Waals surface area contributed by atoms with Crippen molar-refractivity contribution in [3.05, 3.63) is 58.8 Å². The highest BCUT2D eigenvalue weighted by Crippen LogP contribution is 2.31. The van der Waals surface area contributed by atoms with E-state index >= 15 is 0 Å². The first-order chi connectivity index (χ1) is 11.3. The van der Waals surface area contributed by atoms with Crippen LogP contribution in [0.15, 0.2) is 53.6 Å². The van der Waals surface area contributed by atoms with Gasteiger partial charge in [-0.15, -0.1) is 0 Å². The van der Waals surface area contributed by atoms with E-state index in [1.807, 2.05) is 36.0 Å². The number of nitro benzene ring substituents is 1. The first kappa shape index (κ1) is 16.0. The van der Waals surface area contributed by atoms with E-state index in [0.717, 1.165) is 17.0 Å². The third-order valence-electron chi connectivity index (χ3n) is 3.66. The van der Waals surface area contributed by atoms with Gasteiger partial charge in [-0.2, -0.15) is 0 Å². The lowest BCUT2D eigenvalue weighted by Gasteiger charge is -2.09. The van der Waals surface area contributed by atoms with Crippen LogP contribution in [-0.2, 0) is 17.1 Å². The summed E-state index contributed by atoms with van der Waals surface area (Å²) in [7, 11) is -2.11. The molecule has 0 aliphatic carbocycles. The summed E-state index contributed by atoms with van der Waals surface area (Å²) < 4.78 is 24.7. The number of sulfonamides is 1. The number of hydrogen-bond acceptors (Lipinski definition) is 5. The van der Waals surface area contributed by atoms with Crippen LogP contribution in [0.4, 0.5) is 17.1 Å². The van der Waals surface area contributed by atoms with Gasteiger partial charge in [0.25, 0.3) is 5.69 Å². The maximum absolute atomic E-state index is 11.4. The van der Waals surface area contributed by atoms with Gasteiger partial charge in [-0.1, -0.05) is 6.07 Å². The molecule has 124 valence electrons. The lowest BCUT2D eigenvalue weighted by molar-refractivity contribution is -0.384. The van der Waals surface area contributed by atoms with E-state index in [-0.39, 0.29) is 16.3 Å². The summed E-state index contributed by atoms with van der Waals surface area (Å²) in [4.78, 5) is 10.3. The summed E-state index contributed by atoms with van der Waals surface area (Å²) in [5.74, 6) is 0. The molecule has 0 aliphatic heterocycles. The molecule has 0 saturated heterocycles. The number of hydrogen-bond donors (Lipinski definition) is 2. The molecule has 24 heavy (non-hydrogen) atoms. The Kier molecular flexibility index (Phi) is 3.74. The van der Waals surface area contributed by atoms with Crippen molar-refractivity contribution in [1.82, 2.24) is 4.57 Å². The van der Waals surface area contributed by atoms with Gasteiger partial charge in [-0.25, -0.2) is 13.6 Å². The zero-order valence-corrected chi connectivity index (χ0v) is 13.4. The number of aromatic nitrogens is 1. The summed E-state index contributed by atoms with van der Waals surface area (Å²) in [5, 5.41) is 20.3. The molecule has 0 amide bonds. The molecule has 0 aliphatic rings. The Morgan fingerprint density at radius 1 is 1.17 bits per heavy atom. The monoisotopic (exact) mass is 346 g/mol. The van der Waals surface area contributed by atoms with Crippen molar-refractivity contribution in [2.75, 3.05) is 5.32 Å². The number of nitrogens with one attached hydrogen (secondary N) is 1. The number of nitrogens with two attached hydrogens (primary N) is 1. The minimum atomic E-state index is -4.01. The number of primary sulfonamides is 1. The number of rotatable bonds is 4. The Labute approximate surface area is 137 Å². The van der Waals surface area contributed by atoms with E-state index in [2.05, 4.69) is 5.32 Å². The van der Waals surface area contributed by atoms with E-state index in [1.54, 1.807) is 6.07 Å². The van der Waals surface area contributed by atoms with Crippen LogP contribution in [0.5, 0.6) is 0 Å². The van der Waals surface area contributed by atoms with E-state index in [9.17, 15) is 18.5 Å². The molecule has 3 rings (SSSR count). The second-order valence-electron chi connectivity index (χ2n) is 5.31. The topological polar surface area (TPSA) is 120 Å². The van der Waals surface area contributed by atoms with E-state index in [0.29, 0.717) is 5.69 Å². The van der Waals surface area contributed by atoms with Crippen molar-refractivity contribution in [2.24, 2.45) is 12.2 Å². The number of aryl methyl sites for hydroxylation is 1. The second kappa shape index (κ2) is 5.62. The van der Waals surface area contributed by atoms with Crippen molar-refractivity contribution < 1.29 is 13.3 Å². The van der Waals surface area contributed by atoms with Gasteiger partial charge >= 0.3 is 0 Å². The van der Waals surface area contributed by atoms with Crippen molar-refractivity contribution in [3.63, 3.8) is 0 Å². The van der Waals surface area contributed by atoms with Gasteiger partial charge in [0.1, 0.15) is 5.69 Å². The van der Waals surface area contributed by atoms with Crippen molar-refractivity contribution in [1.29, 1.82) is 0 Å². The summed E-state index contributed by atoms with van der Waals surface area (Å²) in [6, 6.07) is 11.0. The molecule has 2 aromatic carbocycles. The summed E-state index contributed by atoms with van der Waals surface area (Å²) >= 11 is 0. The second-order valence-corrected chi connectivity index (χ2v) is 6.87. The van der Waals surface area contributed by atoms with Gasteiger partial charge in [-0.3, -0.25) is 10.1 Å².